The fourth-order valence-corrected chi connectivity index (χ4v) is 3.25. The fraction of sp³-hybridized carbons (Fsp3) is 0.600. The molecule has 2 heteroatoms. The van der Waals surface area contributed by atoms with Crippen molar-refractivity contribution >= 4 is 0 Å². The minimum absolute atomic E-state index is 0.464. The highest BCUT2D eigenvalue weighted by molar-refractivity contribution is 5.16. The minimum atomic E-state index is 0.464. The molecule has 0 amide bonds. The van der Waals surface area contributed by atoms with Gasteiger partial charge in [0.05, 0.1) is 6.10 Å². The van der Waals surface area contributed by atoms with Crippen LogP contribution in [0.3, 0.4) is 0 Å². The van der Waals surface area contributed by atoms with Crippen LogP contribution in [-0.2, 0) is 11.2 Å². The monoisotopic (exact) mass is 231 g/mol. The number of hydrogen-bond donors (Lipinski definition) is 1. The molecule has 3 rings (SSSR count). The van der Waals surface area contributed by atoms with Crippen LogP contribution in [0.2, 0.25) is 0 Å². The number of benzene rings is 1. The highest BCUT2D eigenvalue weighted by Gasteiger charge is 2.35. The summed E-state index contributed by atoms with van der Waals surface area (Å²) in [6.07, 6.45) is 5.42. The van der Waals surface area contributed by atoms with Crippen molar-refractivity contribution in [2.24, 2.45) is 5.92 Å². The third-order valence-corrected chi connectivity index (χ3v) is 4.11. The van der Waals surface area contributed by atoms with Crippen LogP contribution in [0.15, 0.2) is 30.3 Å². The Balaban J connectivity index is 1.65. The largest absolute Gasteiger partial charge is 0.377 e. The first kappa shape index (κ1) is 11.2. The van der Waals surface area contributed by atoms with Crippen molar-refractivity contribution < 1.29 is 4.74 Å². The summed E-state index contributed by atoms with van der Waals surface area (Å²) in [6.45, 7) is 2.11. The van der Waals surface area contributed by atoms with Crippen molar-refractivity contribution in [3.63, 3.8) is 0 Å². The van der Waals surface area contributed by atoms with Crippen LogP contribution in [-0.4, -0.2) is 25.3 Å². The van der Waals surface area contributed by atoms with Crippen molar-refractivity contribution in [2.45, 2.75) is 37.8 Å². The van der Waals surface area contributed by atoms with Gasteiger partial charge in [-0.3, -0.25) is 0 Å². The standard InChI is InChI=1S/C15H21NO/c1-2-5-12(6-3-1)11-13-8-9-16-15(13)14-7-4-10-17-14/h1-3,5-6,13-16H,4,7-11H2. The molecule has 2 saturated heterocycles. The van der Waals surface area contributed by atoms with E-state index < -0.39 is 0 Å². The summed E-state index contributed by atoms with van der Waals surface area (Å²) >= 11 is 0. The SMILES string of the molecule is c1ccc(CC2CCNC2C2CCCO2)cc1. The lowest BCUT2D eigenvalue weighted by Crippen LogP contribution is -2.39. The van der Waals surface area contributed by atoms with Gasteiger partial charge in [0.25, 0.3) is 0 Å². The predicted molar refractivity (Wildman–Crippen MR) is 69.0 cm³/mol. The molecule has 2 fully saturated rings. The fourth-order valence-electron chi connectivity index (χ4n) is 3.25. The Hall–Kier alpha value is -0.860. The number of ether oxygens (including phenoxy) is 1. The maximum atomic E-state index is 5.84. The lowest BCUT2D eigenvalue weighted by molar-refractivity contribution is 0.0707. The lowest BCUT2D eigenvalue weighted by Gasteiger charge is -2.25. The Morgan fingerprint density at radius 2 is 2.06 bits per heavy atom. The smallest absolute Gasteiger partial charge is 0.0731 e. The molecule has 0 saturated carbocycles. The second kappa shape index (κ2) is 5.19. The van der Waals surface area contributed by atoms with Crippen molar-refractivity contribution in [1.82, 2.24) is 5.32 Å². The Morgan fingerprint density at radius 3 is 2.82 bits per heavy atom. The average molecular weight is 231 g/mol. The summed E-state index contributed by atoms with van der Waals surface area (Å²) in [5.41, 5.74) is 1.46. The van der Waals surface area contributed by atoms with E-state index in [0.717, 1.165) is 19.1 Å². The van der Waals surface area contributed by atoms with Gasteiger partial charge in [0, 0.05) is 12.6 Å². The first-order valence-electron chi connectivity index (χ1n) is 6.82. The quantitative estimate of drug-likeness (QED) is 0.862. The average Bonchev–Trinajstić information content (AvgIpc) is 3.00. The van der Waals surface area contributed by atoms with Crippen LogP contribution in [0.4, 0.5) is 0 Å². The molecule has 92 valence electrons. The number of hydrogen-bond acceptors (Lipinski definition) is 2. The zero-order chi connectivity index (χ0) is 11.5. The van der Waals surface area contributed by atoms with Crippen molar-refractivity contribution in [1.29, 1.82) is 0 Å². The molecule has 2 nitrogen and oxygen atoms in total. The first-order valence-corrected chi connectivity index (χ1v) is 6.82. The normalized spacial score (nSPS) is 33.1. The Morgan fingerprint density at radius 1 is 1.18 bits per heavy atom. The molecule has 2 heterocycles. The number of nitrogens with one attached hydrogen (secondary N) is 1. The van der Waals surface area contributed by atoms with E-state index in [1.807, 2.05) is 0 Å². The molecule has 0 radical (unpaired) electrons. The van der Waals surface area contributed by atoms with E-state index in [2.05, 4.69) is 35.6 Å². The molecule has 1 N–H and O–H groups in total. The third-order valence-electron chi connectivity index (χ3n) is 4.11. The molecule has 3 unspecified atom stereocenters. The van der Waals surface area contributed by atoms with E-state index in [-0.39, 0.29) is 0 Å². The molecule has 0 bridgehead atoms. The van der Waals surface area contributed by atoms with E-state index in [1.54, 1.807) is 0 Å². The van der Waals surface area contributed by atoms with Crippen molar-refractivity contribution in [3.8, 4) is 0 Å². The van der Waals surface area contributed by atoms with Gasteiger partial charge in [0.2, 0.25) is 0 Å². The summed E-state index contributed by atoms with van der Waals surface area (Å²) < 4.78 is 5.84. The van der Waals surface area contributed by atoms with E-state index in [0.29, 0.717) is 12.1 Å². The Labute approximate surface area is 103 Å². The minimum Gasteiger partial charge on any atom is -0.377 e. The second-order valence-electron chi connectivity index (χ2n) is 5.27. The van der Waals surface area contributed by atoms with E-state index in [9.17, 15) is 0 Å². The summed E-state index contributed by atoms with van der Waals surface area (Å²) in [7, 11) is 0. The summed E-state index contributed by atoms with van der Waals surface area (Å²) in [6, 6.07) is 11.4. The molecule has 1 aromatic carbocycles. The van der Waals surface area contributed by atoms with Crippen LogP contribution in [0.1, 0.15) is 24.8 Å². The summed E-state index contributed by atoms with van der Waals surface area (Å²) in [5, 5.41) is 3.64. The van der Waals surface area contributed by atoms with Gasteiger partial charge in [0.15, 0.2) is 0 Å². The molecule has 0 aromatic heterocycles. The zero-order valence-electron chi connectivity index (χ0n) is 10.3. The van der Waals surface area contributed by atoms with Crippen LogP contribution in [0.5, 0.6) is 0 Å². The Bertz CT molecular complexity index is 345. The maximum Gasteiger partial charge on any atom is 0.0731 e. The van der Waals surface area contributed by atoms with Crippen LogP contribution in [0, 0.1) is 5.92 Å². The highest BCUT2D eigenvalue weighted by Crippen LogP contribution is 2.28. The van der Waals surface area contributed by atoms with E-state index in [1.165, 1.54) is 31.2 Å². The molecule has 2 aliphatic heterocycles. The van der Waals surface area contributed by atoms with E-state index in [4.69, 9.17) is 4.74 Å². The molecule has 0 aliphatic carbocycles. The van der Waals surface area contributed by atoms with Crippen LogP contribution < -0.4 is 5.32 Å². The molecular weight excluding hydrogens is 210 g/mol. The topological polar surface area (TPSA) is 21.3 Å². The molecular formula is C15H21NO. The first-order chi connectivity index (χ1) is 8.43. The van der Waals surface area contributed by atoms with Gasteiger partial charge in [-0.05, 0) is 43.7 Å². The van der Waals surface area contributed by atoms with Crippen molar-refractivity contribution in [2.75, 3.05) is 13.2 Å². The molecule has 0 spiro atoms. The summed E-state index contributed by atoms with van der Waals surface area (Å²) in [4.78, 5) is 0. The van der Waals surface area contributed by atoms with Gasteiger partial charge in [-0.25, -0.2) is 0 Å². The van der Waals surface area contributed by atoms with Gasteiger partial charge >= 0.3 is 0 Å². The van der Waals surface area contributed by atoms with Crippen LogP contribution in [0.25, 0.3) is 0 Å². The van der Waals surface area contributed by atoms with Gasteiger partial charge in [0.1, 0.15) is 0 Å². The predicted octanol–water partition coefficient (Wildman–Crippen LogP) is 2.39. The lowest BCUT2D eigenvalue weighted by atomic mass is 9.89. The van der Waals surface area contributed by atoms with Crippen LogP contribution >= 0.6 is 0 Å². The molecule has 17 heavy (non-hydrogen) atoms. The molecule has 2 aliphatic rings. The number of rotatable bonds is 3. The Kier molecular flexibility index (Phi) is 3.44. The van der Waals surface area contributed by atoms with Gasteiger partial charge in [-0.1, -0.05) is 30.3 Å². The second-order valence-corrected chi connectivity index (χ2v) is 5.27. The molecule has 1 aromatic rings. The maximum absolute atomic E-state index is 5.84. The van der Waals surface area contributed by atoms with Crippen molar-refractivity contribution in [3.05, 3.63) is 35.9 Å². The van der Waals surface area contributed by atoms with Gasteiger partial charge < -0.3 is 10.1 Å². The molecule has 3 atom stereocenters. The summed E-state index contributed by atoms with van der Waals surface area (Å²) in [5.74, 6) is 0.750. The zero-order valence-corrected chi connectivity index (χ0v) is 10.3. The van der Waals surface area contributed by atoms with E-state index >= 15 is 0 Å². The van der Waals surface area contributed by atoms with Gasteiger partial charge in [-0.15, -0.1) is 0 Å². The van der Waals surface area contributed by atoms with Gasteiger partial charge in [-0.2, -0.15) is 0 Å². The highest BCUT2D eigenvalue weighted by atomic mass is 16.5. The third kappa shape index (κ3) is 2.53.